The van der Waals surface area contributed by atoms with Gasteiger partial charge in [-0.1, -0.05) is 24.2 Å². The van der Waals surface area contributed by atoms with Crippen LogP contribution in [0.1, 0.15) is 66.4 Å². The minimum atomic E-state index is -0.114. The molecule has 0 aliphatic carbocycles. The maximum atomic E-state index is 12.5. The lowest BCUT2D eigenvalue weighted by atomic mass is 10.1. The standard InChI is InChI=1S/C15H19N3O3/c1-9(2)11-8-14(21-16-11)13-5-4-6-18(13)15(19)12-7-10(3)20-17-12/h7-9,13H,4-6H2,1-3H3/t13-/m1/s1. The van der Waals surface area contributed by atoms with E-state index in [1.54, 1.807) is 17.9 Å². The second-order valence-electron chi connectivity index (χ2n) is 5.79. The van der Waals surface area contributed by atoms with Gasteiger partial charge >= 0.3 is 0 Å². The van der Waals surface area contributed by atoms with Crippen molar-refractivity contribution < 1.29 is 13.8 Å². The molecule has 6 nitrogen and oxygen atoms in total. The highest BCUT2D eigenvalue weighted by Gasteiger charge is 2.34. The van der Waals surface area contributed by atoms with Gasteiger partial charge in [0.25, 0.3) is 5.91 Å². The second-order valence-corrected chi connectivity index (χ2v) is 5.79. The normalized spacial score (nSPS) is 18.7. The first-order valence-corrected chi connectivity index (χ1v) is 7.27. The average molecular weight is 289 g/mol. The summed E-state index contributed by atoms with van der Waals surface area (Å²) in [6, 6.07) is 3.56. The second kappa shape index (κ2) is 5.35. The molecule has 6 heteroatoms. The molecule has 0 saturated carbocycles. The largest absolute Gasteiger partial charge is 0.361 e. The summed E-state index contributed by atoms with van der Waals surface area (Å²) in [7, 11) is 0. The van der Waals surface area contributed by atoms with Gasteiger partial charge in [-0.25, -0.2) is 0 Å². The van der Waals surface area contributed by atoms with Crippen molar-refractivity contribution >= 4 is 5.91 Å². The van der Waals surface area contributed by atoms with Gasteiger partial charge in [-0.15, -0.1) is 0 Å². The lowest BCUT2D eigenvalue weighted by Gasteiger charge is -2.21. The topological polar surface area (TPSA) is 72.4 Å². The lowest BCUT2D eigenvalue weighted by molar-refractivity contribution is 0.0704. The van der Waals surface area contributed by atoms with Crippen LogP contribution < -0.4 is 0 Å². The van der Waals surface area contributed by atoms with Crippen LogP contribution in [0.5, 0.6) is 0 Å². The molecule has 1 atom stereocenters. The van der Waals surface area contributed by atoms with Crippen molar-refractivity contribution in [3.05, 3.63) is 35.0 Å². The molecule has 0 bridgehead atoms. The van der Waals surface area contributed by atoms with Crippen LogP contribution in [0, 0.1) is 6.92 Å². The van der Waals surface area contributed by atoms with Gasteiger partial charge in [0.15, 0.2) is 11.5 Å². The van der Waals surface area contributed by atoms with Crippen LogP contribution in [0.25, 0.3) is 0 Å². The summed E-state index contributed by atoms with van der Waals surface area (Å²) in [5, 5.41) is 7.89. The molecule has 1 aliphatic rings. The highest BCUT2D eigenvalue weighted by Crippen LogP contribution is 2.34. The highest BCUT2D eigenvalue weighted by molar-refractivity contribution is 5.92. The Kier molecular flexibility index (Phi) is 3.53. The SMILES string of the molecule is Cc1cc(C(=O)N2CCC[C@@H]2c2cc(C(C)C)no2)no1. The molecule has 2 aromatic heterocycles. The monoisotopic (exact) mass is 289 g/mol. The van der Waals surface area contributed by atoms with Gasteiger partial charge in [-0.2, -0.15) is 0 Å². The number of carbonyl (C=O) groups is 1. The number of carbonyl (C=O) groups excluding carboxylic acids is 1. The first-order chi connectivity index (χ1) is 10.1. The Hall–Kier alpha value is -2.11. The fraction of sp³-hybridized carbons (Fsp3) is 0.533. The number of aryl methyl sites for hydroxylation is 1. The Morgan fingerprint density at radius 1 is 1.33 bits per heavy atom. The van der Waals surface area contributed by atoms with Gasteiger partial charge in [0, 0.05) is 18.7 Å². The van der Waals surface area contributed by atoms with Gasteiger partial charge in [0.2, 0.25) is 0 Å². The molecule has 21 heavy (non-hydrogen) atoms. The van der Waals surface area contributed by atoms with Crippen LogP contribution in [-0.4, -0.2) is 27.7 Å². The van der Waals surface area contributed by atoms with Crippen LogP contribution in [-0.2, 0) is 0 Å². The maximum absolute atomic E-state index is 12.5. The molecule has 0 radical (unpaired) electrons. The van der Waals surface area contributed by atoms with Crippen LogP contribution in [0.4, 0.5) is 0 Å². The number of nitrogens with zero attached hydrogens (tertiary/aromatic N) is 3. The van der Waals surface area contributed by atoms with Crippen LogP contribution in [0.3, 0.4) is 0 Å². The molecule has 1 amide bonds. The third kappa shape index (κ3) is 2.57. The minimum Gasteiger partial charge on any atom is -0.361 e. The predicted molar refractivity (Wildman–Crippen MR) is 74.8 cm³/mol. The van der Waals surface area contributed by atoms with Crippen molar-refractivity contribution in [3.63, 3.8) is 0 Å². The summed E-state index contributed by atoms with van der Waals surface area (Å²) >= 11 is 0. The first-order valence-electron chi connectivity index (χ1n) is 7.27. The zero-order chi connectivity index (χ0) is 15.0. The zero-order valence-corrected chi connectivity index (χ0v) is 12.5. The predicted octanol–water partition coefficient (Wildman–Crippen LogP) is 3.07. The molecular weight excluding hydrogens is 270 g/mol. The average Bonchev–Trinajstić information content (AvgIpc) is 3.17. The van der Waals surface area contributed by atoms with Crippen molar-refractivity contribution in [1.82, 2.24) is 15.2 Å². The number of aromatic nitrogens is 2. The number of rotatable bonds is 3. The zero-order valence-electron chi connectivity index (χ0n) is 12.5. The van der Waals surface area contributed by atoms with E-state index >= 15 is 0 Å². The molecule has 112 valence electrons. The molecule has 1 aliphatic heterocycles. The molecular formula is C15H19N3O3. The third-order valence-electron chi connectivity index (χ3n) is 3.83. The van der Waals surface area contributed by atoms with Crippen molar-refractivity contribution in [2.45, 2.75) is 45.6 Å². The summed E-state index contributed by atoms with van der Waals surface area (Å²) in [6.45, 7) is 6.61. The quantitative estimate of drug-likeness (QED) is 0.868. The number of likely N-dealkylation sites (tertiary alicyclic amines) is 1. The van der Waals surface area contributed by atoms with Gasteiger partial charge in [-0.3, -0.25) is 4.79 Å². The minimum absolute atomic E-state index is 0.0606. The van der Waals surface area contributed by atoms with E-state index in [-0.39, 0.29) is 11.9 Å². The smallest absolute Gasteiger partial charge is 0.276 e. The van der Waals surface area contributed by atoms with Crippen LogP contribution in [0.2, 0.25) is 0 Å². The molecule has 0 N–H and O–H groups in total. The van der Waals surface area contributed by atoms with Gasteiger partial charge in [0.1, 0.15) is 5.76 Å². The van der Waals surface area contributed by atoms with Crippen molar-refractivity contribution in [2.24, 2.45) is 0 Å². The Balaban J connectivity index is 1.83. The van der Waals surface area contributed by atoms with Crippen molar-refractivity contribution in [2.75, 3.05) is 6.54 Å². The van der Waals surface area contributed by atoms with E-state index < -0.39 is 0 Å². The number of amides is 1. The van der Waals surface area contributed by atoms with E-state index in [0.717, 1.165) is 24.3 Å². The fourth-order valence-electron chi connectivity index (χ4n) is 2.65. The Labute approximate surface area is 123 Å². The molecule has 3 rings (SSSR count). The molecule has 0 unspecified atom stereocenters. The fourth-order valence-corrected chi connectivity index (χ4v) is 2.65. The van der Waals surface area contributed by atoms with E-state index in [2.05, 4.69) is 24.2 Å². The Bertz CT molecular complexity index is 644. The molecule has 1 saturated heterocycles. The van der Waals surface area contributed by atoms with Crippen LogP contribution in [0.15, 0.2) is 21.2 Å². The van der Waals surface area contributed by atoms with Crippen molar-refractivity contribution in [3.8, 4) is 0 Å². The molecule has 2 aromatic rings. The van der Waals surface area contributed by atoms with Crippen molar-refractivity contribution in [1.29, 1.82) is 0 Å². The molecule has 0 spiro atoms. The lowest BCUT2D eigenvalue weighted by Crippen LogP contribution is -2.30. The summed E-state index contributed by atoms with van der Waals surface area (Å²) in [4.78, 5) is 14.3. The van der Waals surface area contributed by atoms with E-state index in [9.17, 15) is 4.79 Å². The first kappa shape index (κ1) is 13.9. The molecule has 3 heterocycles. The number of hydrogen-bond acceptors (Lipinski definition) is 5. The Morgan fingerprint density at radius 2 is 2.14 bits per heavy atom. The highest BCUT2D eigenvalue weighted by atomic mass is 16.5. The van der Waals surface area contributed by atoms with Gasteiger partial charge in [-0.05, 0) is 25.7 Å². The van der Waals surface area contributed by atoms with Gasteiger partial charge in [0.05, 0.1) is 11.7 Å². The third-order valence-corrected chi connectivity index (χ3v) is 3.83. The number of hydrogen-bond donors (Lipinski definition) is 0. The summed E-state index contributed by atoms with van der Waals surface area (Å²) < 4.78 is 10.4. The summed E-state index contributed by atoms with van der Waals surface area (Å²) in [6.07, 6.45) is 1.83. The summed E-state index contributed by atoms with van der Waals surface area (Å²) in [5.74, 6) is 1.59. The Morgan fingerprint density at radius 3 is 2.76 bits per heavy atom. The maximum Gasteiger partial charge on any atom is 0.276 e. The van der Waals surface area contributed by atoms with E-state index in [0.29, 0.717) is 23.9 Å². The van der Waals surface area contributed by atoms with E-state index in [1.807, 2.05) is 6.07 Å². The van der Waals surface area contributed by atoms with E-state index in [1.165, 1.54) is 0 Å². The molecule has 1 fully saturated rings. The van der Waals surface area contributed by atoms with E-state index in [4.69, 9.17) is 9.05 Å². The van der Waals surface area contributed by atoms with Crippen LogP contribution >= 0.6 is 0 Å². The summed E-state index contributed by atoms with van der Waals surface area (Å²) in [5.41, 5.74) is 1.27. The molecule has 0 aromatic carbocycles. The van der Waals surface area contributed by atoms with Gasteiger partial charge < -0.3 is 13.9 Å².